The summed E-state index contributed by atoms with van der Waals surface area (Å²) in [6, 6.07) is 9.83. The lowest BCUT2D eigenvalue weighted by Crippen LogP contribution is -2.31. The molecule has 0 saturated heterocycles. The van der Waals surface area contributed by atoms with Crippen LogP contribution in [0, 0.1) is 6.92 Å². The van der Waals surface area contributed by atoms with Crippen molar-refractivity contribution in [2.75, 3.05) is 18.5 Å². The van der Waals surface area contributed by atoms with E-state index in [-0.39, 0.29) is 6.04 Å². The van der Waals surface area contributed by atoms with E-state index in [1.54, 1.807) is 6.20 Å². The third-order valence-corrected chi connectivity index (χ3v) is 3.79. The molecule has 1 atom stereocenters. The number of hydrogen-bond donors (Lipinski definition) is 2. The van der Waals surface area contributed by atoms with E-state index in [1.165, 1.54) is 0 Å². The highest BCUT2D eigenvalue weighted by molar-refractivity contribution is 7.80. The number of benzene rings is 1. The molecule has 1 aromatic carbocycles. The standard InChI is InChI=1S/C19H25N3O2S/c1-5-23-16-9-8-15(11-17(16)24-6-2)14(4)21-19(25)22-18-10-7-13(3)12-20-18/h7-12,14H,5-6H2,1-4H3,(H2,20,21,22,25)/t14-/m0/s1. The first-order valence-corrected chi connectivity index (χ1v) is 8.84. The smallest absolute Gasteiger partial charge is 0.172 e. The normalized spacial score (nSPS) is 11.5. The fourth-order valence-corrected chi connectivity index (χ4v) is 2.59. The lowest BCUT2D eigenvalue weighted by molar-refractivity contribution is 0.287. The van der Waals surface area contributed by atoms with Gasteiger partial charge in [-0.25, -0.2) is 4.98 Å². The molecule has 0 amide bonds. The van der Waals surface area contributed by atoms with Crippen molar-refractivity contribution in [3.05, 3.63) is 47.7 Å². The van der Waals surface area contributed by atoms with Gasteiger partial charge in [0.2, 0.25) is 0 Å². The molecule has 0 saturated carbocycles. The molecular formula is C19H25N3O2S. The van der Waals surface area contributed by atoms with Crippen LogP contribution < -0.4 is 20.1 Å². The van der Waals surface area contributed by atoms with Crippen molar-refractivity contribution in [3.63, 3.8) is 0 Å². The Morgan fingerprint density at radius 3 is 2.48 bits per heavy atom. The Balaban J connectivity index is 2.03. The molecule has 0 aliphatic rings. The SMILES string of the molecule is CCOc1ccc([C@H](C)NC(=S)Nc2ccc(C)cn2)cc1OCC. The van der Waals surface area contributed by atoms with Gasteiger partial charge in [-0.05, 0) is 69.2 Å². The number of anilines is 1. The Bertz CT molecular complexity index is 704. The highest BCUT2D eigenvalue weighted by Gasteiger charge is 2.12. The Morgan fingerprint density at radius 1 is 1.12 bits per heavy atom. The first-order chi connectivity index (χ1) is 12.0. The average Bonchev–Trinajstić information content (AvgIpc) is 2.59. The summed E-state index contributed by atoms with van der Waals surface area (Å²) in [6.45, 7) is 9.14. The molecule has 0 spiro atoms. The van der Waals surface area contributed by atoms with Crippen LogP contribution in [0.3, 0.4) is 0 Å². The van der Waals surface area contributed by atoms with Crippen molar-refractivity contribution in [3.8, 4) is 11.5 Å². The quantitative estimate of drug-likeness (QED) is 0.722. The number of aryl methyl sites for hydroxylation is 1. The van der Waals surface area contributed by atoms with Crippen LogP contribution in [-0.2, 0) is 0 Å². The highest BCUT2D eigenvalue weighted by atomic mass is 32.1. The minimum atomic E-state index is 0.0142. The van der Waals surface area contributed by atoms with Crippen LogP contribution in [0.4, 0.5) is 5.82 Å². The van der Waals surface area contributed by atoms with E-state index in [0.717, 1.165) is 28.4 Å². The highest BCUT2D eigenvalue weighted by Crippen LogP contribution is 2.30. The number of hydrogen-bond acceptors (Lipinski definition) is 4. The molecule has 0 aliphatic carbocycles. The molecule has 1 aromatic heterocycles. The molecule has 1 heterocycles. The number of ether oxygens (including phenoxy) is 2. The molecule has 5 nitrogen and oxygen atoms in total. The summed E-state index contributed by atoms with van der Waals surface area (Å²) in [5, 5.41) is 6.88. The van der Waals surface area contributed by atoms with Gasteiger partial charge in [0.05, 0.1) is 19.3 Å². The molecule has 0 fully saturated rings. The van der Waals surface area contributed by atoms with Gasteiger partial charge in [0.1, 0.15) is 5.82 Å². The van der Waals surface area contributed by atoms with Crippen molar-refractivity contribution in [1.29, 1.82) is 0 Å². The summed E-state index contributed by atoms with van der Waals surface area (Å²) in [4.78, 5) is 4.29. The van der Waals surface area contributed by atoms with Gasteiger partial charge in [-0.15, -0.1) is 0 Å². The number of nitrogens with zero attached hydrogens (tertiary/aromatic N) is 1. The largest absolute Gasteiger partial charge is 0.490 e. The predicted octanol–water partition coefficient (Wildman–Crippen LogP) is 4.24. The van der Waals surface area contributed by atoms with Gasteiger partial charge in [0.25, 0.3) is 0 Å². The zero-order chi connectivity index (χ0) is 18.2. The molecular weight excluding hydrogens is 334 g/mol. The zero-order valence-electron chi connectivity index (χ0n) is 15.1. The Morgan fingerprint density at radius 2 is 1.84 bits per heavy atom. The summed E-state index contributed by atoms with van der Waals surface area (Å²) < 4.78 is 11.3. The van der Waals surface area contributed by atoms with Gasteiger partial charge < -0.3 is 20.1 Å². The fourth-order valence-electron chi connectivity index (χ4n) is 2.31. The van der Waals surface area contributed by atoms with Crippen LogP contribution in [0.2, 0.25) is 0 Å². The molecule has 2 aromatic rings. The number of nitrogens with one attached hydrogen (secondary N) is 2. The summed E-state index contributed by atoms with van der Waals surface area (Å²) in [7, 11) is 0. The van der Waals surface area contributed by atoms with Crippen molar-refractivity contribution >= 4 is 23.1 Å². The molecule has 2 N–H and O–H groups in total. The topological polar surface area (TPSA) is 55.4 Å². The third-order valence-electron chi connectivity index (χ3n) is 3.57. The van der Waals surface area contributed by atoms with Crippen LogP contribution in [0.1, 0.15) is 37.9 Å². The molecule has 0 radical (unpaired) electrons. The third kappa shape index (κ3) is 5.60. The summed E-state index contributed by atoms with van der Waals surface area (Å²) in [5.41, 5.74) is 2.17. The molecule has 0 unspecified atom stereocenters. The first kappa shape index (κ1) is 19.0. The van der Waals surface area contributed by atoms with E-state index in [0.29, 0.717) is 18.3 Å². The lowest BCUT2D eigenvalue weighted by atomic mass is 10.1. The van der Waals surface area contributed by atoms with Gasteiger partial charge >= 0.3 is 0 Å². The minimum absolute atomic E-state index is 0.0142. The van der Waals surface area contributed by atoms with Gasteiger partial charge in [-0.2, -0.15) is 0 Å². The predicted molar refractivity (Wildman–Crippen MR) is 106 cm³/mol. The Hall–Kier alpha value is -2.34. The van der Waals surface area contributed by atoms with Crippen molar-refractivity contribution in [1.82, 2.24) is 10.3 Å². The van der Waals surface area contributed by atoms with E-state index >= 15 is 0 Å². The van der Waals surface area contributed by atoms with E-state index in [1.807, 2.05) is 58.0 Å². The van der Waals surface area contributed by atoms with E-state index in [2.05, 4.69) is 15.6 Å². The number of pyridine rings is 1. The molecule has 0 aliphatic heterocycles. The van der Waals surface area contributed by atoms with Gasteiger partial charge in [0.15, 0.2) is 16.6 Å². The Kier molecular flexibility index (Phi) is 7.01. The van der Waals surface area contributed by atoms with Crippen LogP contribution in [-0.4, -0.2) is 23.3 Å². The number of thiocarbonyl (C=S) groups is 1. The van der Waals surface area contributed by atoms with E-state index < -0.39 is 0 Å². The van der Waals surface area contributed by atoms with Gasteiger partial charge in [-0.1, -0.05) is 12.1 Å². The molecule has 0 bridgehead atoms. The van der Waals surface area contributed by atoms with Crippen LogP contribution in [0.5, 0.6) is 11.5 Å². The summed E-state index contributed by atoms with van der Waals surface area (Å²) in [5.74, 6) is 2.22. The molecule has 2 rings (SSSR count). The van der Waals surface area contributed by atoms with Crippen LogP contribution >= 0.6 is 12.2 Å². The van der Waals surface area contributed by atoms with Crippen molar-refractivity contribution in [2.45, 2.75) is 33.7 Å². The first-order valence-electron chi connectivity index (χ1n) is 8.43. The van der Waals surface area contributed by atoms with Crippen LogP contribution in [0.15, 0.2) is 36.5 Å². The maximum atomic E-state index is 5.68. The molecule has 25 heavy (non-hydrogen) atoms. The summed E-state index contributed by atoms with van der Waals surface area (Å²) in [6.07, 6.45) is 1.80. The number of aromatic nitrogens is 1. The fraction of sp³-hybridized carbons (Fsp3) is 0.368. The lowest BCUT2D eigenvalue weighted by Gasteiger charge is -2.19. The van der Waals surface area contributed by atoms with E-state index in [9.17, 15) is 0 Å². The second-order valence-electron chi connectivity index (χ2n) is 5.61. The second-order valence-corrected chi connectivity index (χ2v) is 6.02. The number of rotatable bonds is 7. The van der Waals surface area contributed by atoms with E-state index in [4.69, 9.17) is 21.7 Å². The maximum Gasteiger partial charge on any atom is 0.172 e. The Labute approximate surface area is 154 Å². The zero-order valence-corrected chi connectivity index (χ0v) is 15.9. The van der Waals surface area contributed by atoms with Crippen LogP contribution in [0.25, 0.3) is 0 Å². The molecule has 6 heteroatoms. The second kappa shape index (κ2) is 9.22. The average molecular weight is 359 g/mol. The van der Waals surface area contributed by atoms with Crippen molar-refractivity contribution < 1.29 is 9.47 Å². The van der Waals surface area contributed by atoms with Gasteiger partial charge in [0, 0.05) is 6.20 Å². The van der Waals surface area contributed by atoms with Gasteiger partial charge in [-0.3, -0.25) is 0 Å². The summed E-state index contributed by atoms with van der Waals surface area (Å²) >= 11 is 5.38. The monoisotopic (exact) mass is 359 g/mol. The molecule has 134 valence electrons. The van der Waals surface area contributed by atoms with Crippen molar-refractivity contribution in [2.24, 2.45) is 0 Å². The maximum absolute atomic E-state index is 5.68. The minimum Gasteiger partial charge on any atom is -0.490 e.